The highest BCUT2D eigenvalue weighted by atomic mass is 19.3. The summed E-state index contributed by atoms with van der Waals surface area (Å²) in [6.07, 6.45) is 0.0229. The van der Waals surface area contributed by atoms with Crippen molar-refractivity contribution in [2.24, 2.45) is 0 Å². The lowest BCUT2D eigenvalue weighted by Gasteiger charge is -2.25. The number of aromatic nitrogens is 1. The first-order valence-corrected chi connectivity index (χ1v) is 4.24. The van der Waals surface area contributed by atoms with Crippen LogP contribution >= 0.6 is 0 Å². The highest BCUT2D eigenvalue weighted by molar-refractivity contribution is 5.26. The molecule has 70 valence electrons. The summed E-state index contributed by atoms with van der Waals surface area (Å²) in [6.45, 7) is 0.582. The van der Waals surface area contributed by atoms with Gasteiger partial charge in [-0.15, -0.1) is 0 Å². The quantitative estimate of drug-likeness (QED) is 0.716. The molecule has 0 unspecified atom stereocenters. The third-order valence-electron chi connectivity index (χ3n) is 2.24. The Labute approximate surface area is 75.0 Å². The molecule has 0 saturated heterocycles. The fourth-order valence-corrected chi connectivity index (χ4v) is 1.62. The molecule has 0 radical (unpaired) electrons. The molecule has 0 aromatic carbocycles. The zero-order valence-electron chi connectivity index (χ0n) is 7.00. The van der Waals surface area contributed by atoms with Gasteiger partial charge in [0, 0.05) is 24.9 Å². The average molecular weight is 184 g/mol. The van der Waals surface area contributed by atoms with Crippen molar-refractivity contribution in [2.45, 2.75) is 18.9 Å². The molecule has 0 saturated carbocycles. The van der Waals surface area contributed by atoms with Crippen molar-refractivity contribution >= 4 is 0 Å². The summed E-state index contributed by atoms with van der Waals surface area (Å²) < 4.78 is 25.0. The molecular weight excluding hydrogens is 174 g/mol. The van der Waals surface area contributed by atoms with Crippen LogP contribution in [0.3, 0.4) is 0 Å². The van der Waals surface area contributed by atoms with Crippen LogP contribution < -0.4 is 5.32 Å². The van der Waals surface area contributed by atoms with Gasteiger partial charge in [-0.25, -0.2) is 8.78 Å². The topological polar surface area (TPSA) is 24.9 Å². The SMILES string of the molecule is FC(F)[C@H]1NCCc2ncccc21. The van der Waals surface area contributed by atoms with Crippen LogP contribution in [-0.4, -0.2) is 18.0 Å². The summed E-state index contributed by atoms with van der Waals surface area (Å²) in [6, 6.07) is 2.57. The molecule has 1 aromatic heterocycles. The number of hydrogen-bond donors (Lipinski definition) is 1. The van der Waals surface area contributed by atoms with E-state index in [2.05, 4.69) is 10.3 Å². The first-order chi connectivity index (χ1) is 6.29. The summed E-state index contributed by atoms with van der Waals surface area (Å²) in [7, 11) is 0. The molecule has 1 aromatic rings. The van der Waals surface area contributed by atoms with Gasteiger partial charge in [0.25, 0.3) is 6.43 Å². The van der Waals surface area contributed by atoms with Gasteiger partial charge in [0.15, 0.2) is 0 Å². The molecule has 1 atom stereocenters. The fourth-order valence-electron chi connectivity index (χ4n) is 1.62. The molecule has 0 amide bonds. The average Bonchev–Trinajstić information content (AvgIpc) is 2.17. The van der Waals surface area contributed by atoms with Crippen molar-refractivity contribution < 1.29 is 8.78 Å². The van der Waals surface area contributed by atoms with E-state index in [0.29, 0.717) is 12.1 Å². The highest BCUT2D eigenvalue weighted by Crippen LogP contribution is 2.25. The summed E-state index contributed by atoms with van der Waals surface area (Å²) in [5.74, 6) is 0. The first kappa shape index (κ1) is 8.56. The van der Waals surface area contributed by atoms with Gasteiger partial charge in [-0.1, -0.05) is 6.07 Å². The van der Waals surface area contributed by atoms with Gasteiger partial charge in [-0.2, -0.15) is 0 Å². The summed E-state index contributed by atoms with van der Waals surface area (Å²) in [5, 5.41) is 2.78. The Hall–Kier alpha value is -1.03. The van der Waals surface area contributed by atoms with E-state index in [1.54, 1.807) is 18.3 Å². The van der Waals surface area contributed by atoms with Crippen LogP contribution in [0, 0.1) is 0 Å². The summed E-state index contributed by atoms with van der Waals surface area (Å²) >= 11 is 0. The van der Waals surface area contributed by atoms with Crippen LogP contribution in [0.1, 0.15) is 17.3 Å². The maximum Gasteiger partial charge on any atom is 0.257 e. The second-order valence-electron chi connectivity index (χ2n) is 3.06. The molecule has 1 N–H and O–H groups in total. The normalized spacial score (nSPS) is 21.6. The zero-order valence-corrected chi connectivity index (χ0v) is 7.00. The van der Waals surface area contributed by atoms with Gasteiger partial charge in [0.1, 0.15) is 0 Å². The number of halogens is 2. The Bertz CT molecular complexity index is 301. The summed E-state index contributed by atoms with van der Waals surface area (Å²) in [4.78, 5) is 4.08. The fraction of sp³-hybridized carbons (Fsp3) is 0.444. The van der Waals surface area contributed by atoms with Gasteiger partial charge < -0.3 is 5.32 Å². The van der Waals surface area contributed by atoms with Gasteiger partial charge in [0.2, 0.25) is 0 Å². The molecule has 2 nitrogen and oxygen atoms in total. The monoisotopic (exact) mass is 184 g/mol. The molecule has 1 aliphatic rings. The first-order valence-electron chi connectivity index (χ1n) is 4.24. The van der Waals surface area contributed by atoms with Crippen molar-refractivity contribution in [3.63, 3.8) is 0 Å². The van der Waals surface area contributed by atoms with Crippen LogP contribution in [0.25, 0.3) is 0 Å². The van der Waals surface area contributed by atoms with E-state index in [9.17, 15) is 8.78 Å². The van der Waals surface area contributed by atoms with E-state index in [1.807, 2.05) is 0 Å². The van der Waals surface area contributed by atoms with Crippen LogP contribution in [0.2, 0.25) is 0 Å². The maximum atomic E-state index is 12.5. The predicted octanol–water partition coefficient (Wildman–Crippen LogP) is 1.53. The molecular formula is C9H10F2N2. The van der Waals surface area contributed by atoms with Crippen LogP contribution in [0.5, 0.6) is 0 Å². The van der Waals surface area contributed by atoms with Crippen molar-refractivity contribution in [3.05, 3.63) is 29.6 Å². The molecule has 2 rings (SSSR count). The van der Waals surface area contributed by atoms with Gasteiger partial charge in [0.05, 0.1) is 6.04 Å². The minimum absolute atomic E-state index is 0.582. The lowest BCUT2D eigenvalue weighted by Crippen LogP contribution is -2.34. The number of rotatable bonds is 1. The van der Waals surface area contributed by atoms with Crippen LogP contribution in [0.15, 0.2) is 18.3 Å². The molecule has 0 fully saturated rings. The number of hydrogen-bond acceptors (Lipinski definition) is 2. The Morgan fingerprint density at radius 3 is 3.15 bits per heavy atom. The molecule has 2 heterocycles. The maximum absolute atomic E-state index is 12.5. The van der Waals surface area contributed by atoms with E-state index in [0.717, 1.165) is 12.1 Å². The third-order valence-corrected chi connectivity index (χ3v) is 2.24. The minimum atomic E-state index is -2.36. The van der Waals surface area contributed by atoms with Crippen molar-refractivity contribution in [1.82, 2.24) is 10.3 Å². The van der Waals surface area contributed by atoms with Gasteiger partial charge in [-0.3, -0.25) is 4.98 Å². The van der Waals surface area contributed by atoms with Gasteiger partial charge in [-0.05, 0) is 11.6 Å². The van der Waals surface area contributed by atoms with E-state index >= 15 is 0 Å². The minimum Gasteiger partial charge on any atom is -0.305 e. The second-order valence-corrected chi connectivity index (χ2v) is 3.06. The predicted molar refractivity (Wildman–Crippen MR) is 44.7 cm³/mol. The number of nitrogens with zero attached hydrogens (tertiary/aromatic N) is 1. The molecule has 4 heteroatoms. The van der Waals surface area contributed by atoms with Gasteiger partial charge >= 0.3 is 0 Å². The number of nitrogens with one attached hydrogen (secondary N) is 1. The Morgan fingerprint density at radius 1 is 1.54 bits per heavy atom. The largest absolute Gasteiger partial charge is 0.305 e. The zero-order chi connectivity index (χ0) is 9.26. The molecule has 0 spiro atoms. The summed E-state index contributed by atoms with van der Waals surface area (Å²) in [5.41, 5.74) is 1.44. The molecule has 1 aliphatic heterocycles. The standard InChI is InChI=1S/C9H10F2N2/c10-9(11)8-6-2-1-4-12-7(6)3-5-13-8/h1-2,4,8-9,13H,3,5H2/t8-/m0/s1. The third kappa shape index (κ3) is 1.54. The highest BCUT2D eigenvalue weighted by Gasteiger charge is 2.27. The molecule has 0 bridgehead atoms. The van der Waals surface area contributed by atoms with E-state index in [4.69, 9.17) is 0 Å². The van der Waals surface area contributed by atoms with Crippen molar-refractivity contribution in [3.8, 4) is 0 Å². The van der Waals surface area contributed by atoms with E-state index < -0.39 is 12.5 Å². The number of fused-ring (bicyclic) bond motifs is 1. The molecule has 13 heavy (non-hydrogen) atoms. The lowest BCUT2D eigenvalue weighted by molar-refractivity contribution is 0.0950. The van der Waals surface area contributed by atoms with E-state index in [-0.39, 0.29) is 0 Å². The van der Waals surface area contributed by atoms with Crippen LogP contribution in [0.4, 0.5) is 8.78 Å². The van der Waals surface area contributed by atoms with Crippen molar-refractivity contribution in [1.29, 1.82) is 0 Å². The molecule has 0 aliphatic carbocycles. The number of pyridine rings is 1. The smallest absolute Gasteiger partial charge is 0.257 e. The Morgan fingerprint density at radius 2 is 2.38 bits per heavy atom. The Kier molecular flexibility index (Phi) is 2.22. The second kappa shape index (κ2) is 3.38. The van der Waals surface area contributed by atoms with E-state index in [1.165, 1.54) is 0 Å². The Balaban J connectivity index is 2.37. The van der Waals surface area contributed by atoms with Crippen LogP contribution in [-0.2, 0) is 6.42 Å². The number of alkyl halides is 2. The van der Waals surface area contributed by atoms with Crippen molar-refractivity contribution in [2.75, 3.05) is 6.54 Å². The lowest BCUT2D eigenvalue weighted by atomic mass is 10.00.